The molecule has 1 aromatic carbocycles. The van der Waals surface area contributed by atoms with E-state index in [9.17, 15) is 9.59 Å². The van der Waals surface area contributed by atoms with E-state index in [0.29, 0.717) is 5.69 Å². The number of carbonyl (C=O) groups is 2. The molecular weight excluding hydrogens is 295 g/mol. The first-order valence-electron chi connectivity index (χ1n) is 4.46. The van der Waals surface area contributed by atoms with Gasteiger partial charge in [-0.15, -0.1) is 0 Å². The smallest absolute Gasteiger partial charge is 0.250 e. The Morgan fingerprint density at radius 2 is 2.12 bits per heavy atom. The lowest BCUT2D eigenvalue weighted by Crippen LogP contribution is -2.20. The third kappa shape index (κ3) is 3.21. The van der Waals surface area contributed by atoms with E-state index in [1.54, 1.807) is 13.0 Å². The lowest BCUT2D eigenvalue weighted by Gasteiger charge is -2.08. The Balaban J connectivity index is 2.90. The Bertz CT molecular complexity index is 435. The zero-order valence-corrected chi connectivity index (χ0v) is 10.8. The Morgan fingerprint density at radius 1 is 1.50 bits per heavy atom. The number of amides is 2. The van der Waals surface area contributed by atoms with E-state index in [0.717, 1.165) is 0 Å². The van der Waals surface area contributed by atoms with E-state index in [-0.39, 0.29) is 21.3 Å². The fourth-order valence-electron chi connectivity index (χ4n) is 1.03. The van der Waals surface area contributed by atoms with Gasteiger partial charge in [0.25, 0.3) is 0 Å². The van der Waals surface area contributed by atoms with Crippen LogP contribution in [0.4, 0.5) is 5.69 Å². The highest BCUT2D eigenvalue weighted by atomic mass is 79.9. The Hall–Kier alpha value is -1.07. The lowest BCUT2D eigenvalue weighted by molar-refractivity contribution is -0.115. The van der Waals surface area contributed by atoms with Crippen LogP contribution in [0.1, 0.15) is 17.3 Å². The van der Waals surface area contributed by atoms with E-state index in [1.165, 1.54) is 12.1 Å². The molecule has 0 aliphatic rings. The van der Waals surface area contributed by atoms with Crippen LogP contribution in [0.15, 0.2) is 18.2 Å². The number of alkyl halides is 1. The summed E-state index contributed by atoms with van der Waals surface area (Å²) < 4.78 is 0. The van der Waals surface area contributed by atoms with Gasteiger partial charge in [-0.05, 0) is 25.1 Å². The first-order chi connectivity index (χ1) is 7.41. The molecule has 0 spiro atoms. The third-order valence-electron chi connectivity index (χ3n) is 1.86. The maximum Gasteiger partial charge on any atom is 0.250 e. The summed E-state index contributed by atoms with van der Waals surface area (Å²) in [5.74, 6) is -0.792. The number of hydrogen-bond donors (Lipinski definition) is 2. The van der Waals surface area contributed by atoms with Gasteiger partial charge in [-0.1, -0.05) is 27.5 Å². The molecule has 6 heteroatoms. The number of hydrogen-bond acceptors (Lipinski definition) is 2. The molecule has 0 fully saturated rings. The number of nitrogens with one attached hydrogen (secondary N) is 1. The lowest BCUT2D eigenvalue weighted by atomic mass is 10.2. The standard InChI is InChI=1S/C10H10BrClN2O2/c1-5(11)10(16)14-6-2-3-7(9(13)15)8(12)4-6/h2-5H,1H3,(H2,13,15)(H,14,16). The Morgan fingerprint density at radius 3 is 2.56 bits per heavy atom. The number of nitrogens with two attached hydrogens (primary N) is 1. The molecule has 0 aliphatic carbocycles. The number of benzene rings is 1. The van der Waals surface area contributed by atoms with Gasteiger partial charge in [0.1, 0.15) is 0 Å². The normalized spacial score (nSPS) is 11.9. The molecule has 1 unspecified atom stereocenters. The highest BCUT2D eigenvalue weighted by molar-refractivity contribution is 9.10. The van der Waals surface area contributed by atoms with Crippen LogP contribution in [-0.4, -0.2) is 16.6 Å². The van der Waals surface area contributed by atoms with Gasteiger partial charge in [-0.25, -0.2) is 0 Å². The second kappa shape index (κ2) is 5.32. The van der Waals surface area contributed by atoms with Crippen molar-refractivity contribution in [3.63, 3.8) is 0 Å². The first kappa shape index (κ1) is 13.0. The van der Waals surface area contributed by atoms with Gasteiger partial charge in [-0.2, -0.15) is 0 Å². The third-order valence-corrected chi connectivity index (χ3v) is 2.59. The minimum Gasteiger partial charge on any atom is -0.366 e. The summed E-state index contributed by atoms with van der Waals surface area (Å²) in [6.45, 7) is 1.70. The van der Waals surface area contributed by atoms with Crippen LogP contribution < -0.4 is 11.1 Å². The average molecular weight is 306 g/mol. The van der Waals surface area contributed by atoms with Gasteiger partial charge in [0.2, 0.25) is 11.8 Å². The molecule has 0 saturated carbocycles. The number of primary amides is 1. The van der Waals surface area contributed by atoms with Crippen molar-refractivity contribution in [2.45, 2.75) is 11.8 Å². The minimum absolute atomic E-state index is 0.192. The van der Waals surface area contributed by atoms with Crippen molar-refractivity contribution in [3.8, 4) is 0 Å². The molecule has 0 bridgehead atoms. The summed E-state index contributed by atoms with van der Waals surface area (Å²) in [7, 11) is 0. The molecule has 2 amide bonds. The van der Waals surface area contributed by atoms with Crippen molar-refractivity contribution in [1.29, 1.82) is 0 Å². The van der Waals surface area contributed by atoms with Gasteiger partial charge in [0, 0.05) is 5.69 Å². The van der Waals surface area contributed by atoms with Gasteiger partial charge < -0.3 is 11.1 Å². The molecule has 1 atom stereocenters. The van der Waals surface area contributed by atoms with Gasteiger partial charge in [-0.3, -0.25) is 9.59 Å². The molecule has 0 heterocycles. The Kier molecular flexibility index (Phi) is 4.32. The van der Waals surface area contributed by atoms with Gasteiger partial charge in [0.05, 0.1) is 15.4 Å². The summed E-state index contributed by atoms with van der Waals surface area (Å²) in [5.41, 5.74) is 5.84. The van der Waals surface area contributed by atoms with Crippen LogP contribution in [0.3, 0.4) is 0 Å². The molecule has 0 aliphatic heterocycles. The predicted molar refractivity (Wildman–Crippen MR) is 67.0 cm³/mol. The average Bonchev–Trinajstić information content (AvgIpc) is 2.16. The molecular formula is C10H10BrClN2O2. The fourth-order valence-corrected chi connectivity index (χ4v) is 1.42. The summed E-state index contributed by atoms with van der Waals surface area (Å²) in [5, 5.41) is 2.84. The number of rotatable bonds is 3. The van der Waals surface area contributed by atoms with Crippen LogP contribution in [0.5, 0.6) is 0 Å². The molecule has 0 aromatic heterocycles. The zero-order valence-electron chi connectivity index (χ0n) is 8.46. The zero-order chi connectivity index (χ0) is 12.3. The second-order valence-corrected chi connectivity index (χ2v) is 4.94. The van der Waals surface area contributed by atoms with Gasteiger partial charge in [0.15, 0.2) is 0 Å². The number of carbonyl (C=O) groups excluding carboxylic acids is 2. The van der Waals surface area contributed by atoms with E-state index in [4.69, 9.17) is 17.3 Å². The highest BCUT2D eigenvalue weighted by Gasteiger charge is 2.11. The Labute approximate surface area is 106 Å². The number of anilines is 1. The maximum atomic E-state index is 11.3. The molecule has 3 N–H and O–H groups in total. The second-order valence-electron chi connectivity index (χ2n) is 3.16. The van der Waals surface area contributed by atoms with E-state index >= 15 is 0 Å². The van der Waals surface area contributed by atoms with Crippen molar-refractivity contribution in [2.75, 3.05) is 5.32 Å². The summed E-state index contributed by atoms with van der Waals surface area (Å²) in [4.78, 5) is 22.0. The van der Waals surface area contributed by atoms with Crippen molar-refractivity contribution >= 4 is 45.0 Å². The van der Waals surface area contributed by atoms with E-state index < -0.39 is 5.91 Å². The largest absolute Gasteiger partial charge is 0.366 e. The molecule has 86 valence electrons. The highest BCUT2D eigenvalue weighted by Crippen LogP contribution is 2.21. The molecule has 0 saturated heterocycles. The van der Waals surface area contributed by atoms with Gasteiger partial charge >= 0.3 is 0 Å². The summed E-state index contributed by atoms with van der Waals surface area (Å²) >= 11 is 8.96. The van der Waals surface area contributed by atoms with Crippen molar-refractivity contribution < 1.29 is 9.59 Å². The molecule has 16 heavy (non-hydrogen) atoms. The van der Waals surface area contributed by atoms with Crippen molar-refractivity contribution in [3.05, 3.63) is 28.8 Å². The molecule has 1 rings (SSSR count). The van der Waals surface area contributed by atoms with Crippen molar-refractivity contribution in [1.82, 2.24) is 0 Å². The first-order valence-corrected chi connectivity index (χ1v) is 5.75. The van der Waals surface area contributed by atoms with E-state index in [1.807, 2.05) is 0 Å². The van der Waals surface area contributed by atoms with Crippen molar-refractivity contribution in [2.24, 2.45) is 5.73 Å². The molecule has 0 radical (unpaired) electrons. The molecule has 4 nitrogen and oxygen atoms in total. The maximum absolute atomic E-state index is 11.3. The SMILES string of the molecule is CC(Br)C(=O)Nc1ccc(C(N)=O)c(Cl)c1. The van der Waals surface area contributed by atoms with E-state index in [2.05, 4.69) is 21.2 Å². The number of halogens is 2. The fraction of sp³-hybridized carbons (Fsp3) is 0.200. The van der Waals surface area contributed by atoms with Crippen LogP contribution in [0.25, 0.3) is 0 Å². The summed E-state index contributed by atoms with van der Waals surface area (Å²) in [6, 6.07) is 4.52. The summed E-state index contributed by atoms with van der Waals surface area (Å²) in [6.07, 6.45) is 0. The van der Waals surface area contributed by atoms with Crippen LogP contribution in [0.2, 0.25) is 5.02 Å². The van der Waals surface area contributed by atoms with Crippen LogP contribution in [0, 0.1) is 0 Å². The van der Waals surface area contributed by atoms with Crippen LogP contribution in [-0.2, 0) is 4.79 Å². The van der Waals surface area contributed by atoms with Crippen LogP contribution >= 0.6 is 27.5 Å². The minimum atomic E-state index is -0.600. The topological polar surface area (TPSA) is 72.2 Å². The molecule has 1 aromatic rings. The quantitative estimate of drug-likeness (QED) is 0.840. The predicted octanol–water partition coefficient (Wildman–Crippen LogP) is 2.16. The monoisotopic (exact) mass is 304 g/mol.